The number of pyridine rings is 1. The van der Waals surface area contributed by atoms with Crippen molar-refractivity contribution in [3.63, 3.8) is 0 Å². The summed E-state index contributed by atoms with van der Waals surface area (Å²) < 4.78 is 3.16. The summed E-state index contributed by atoms with van der Waals surface area (Å²) in [6, 6.07) is 3.70. The summed E-state index contributed by atoms with van der Waals surface area (Å²) in [4.78, 5) is 18.4. The van der Waals surface area contributed by atoms with Gasteiger partial charge in [-0.3, -0.25) is 19.8 Å². The maximum absolute atomic E-state index is 10.6. The van der Waals surface area contributed by atoms with E-state index in [1.54, 1.807) is 29.4 Å². The van der Waals surface area contributed by atoms with Crippen molar-refractivity contribution in [1.29, 1.82) is 0 Å². The van der Waals surface area contributed by atoms with E-state index in [9.17, 15) is 15.2 Å². The number of rotatable bonds is 6. The Kier molecular flexibility index (Phi) is 4.11. The standard InChI is InChI=1S/C14H14N6O3/c21-13(10-19-8-12(7-17-19)20(22)23)9-18-5-4-16-14(18)11-2-1-3-15-6-11/h1-8,13,21H,9-10H2. The van der Waals surface area contributed by atoms with Gasteiger partial charge in [-0.05, 0) is 12.1 Å². The van der Waals surface area contributed by atoms with Gasteiger partial charge in [0.25, 0.3) is 0 Å². The van der Waals surface area contributed by atoms with Crippen LogP contribution in [0.15, 0.2) is 49.3 Å². The van der Waals surface area contributed by atoms with Gasteiger partial charge in [-0.25, -0.2) is 4.98 Å². The van der Waals surface area contributed by atoms with Crippen LogP contribution < -0.4 is 0 Å². The van der Waals surface area contributed by atoms with E-state index in [1.165, 1.54) is 10.9 Å². The first-order valence-electron chi connectivity index (χ1n) is 6.90. The minimum absolute atomic E-state index is 0.101. The second-order valence-corrected chi connectivity index (χ2v) is 4.98. The summed E-state index contributed by atoms with van der Waals surface area (Å²) in [5.41, 5.74) is 0.746. The van der Waals surface area contributed by atoms with Crippen molar-refractivity contribution in [1.82, 2.24) is 24.3 Å². The van der Waals surface area contributed by atoms with Gasteiger partial charge in [0, 0.05) is 30.4 Å². The van der Waals surface area contributed by atoms with Crippen LogP contribution in [0.1, 0.15) is 0 Å². The first-order chi connectivity index (χ1) is 11.1. The third-order valence-corrected chi connectivity index (χ3v) is 3.27. The van der Waals surface area contributed by atoms with Crippen molar-refractivity contribution >= 4 is 5.69 Å². The summed E-state index contributed by atoms with van der Waals surface area (Å²) in [6.45, 7) is 0.441. The number of nitro groups is 1. The molecule has 0 fully saturated rings. The Hall–Kier alpha value is -3.07. The molecule has 118 valence electrons. The molecule has 0 aromatic carbocycles. The van der Waals surface area contributed by atoms with E-state index in [0.29, 0.717) is 5.82 Å². The summed E-state index contributed by atoms with van der Waals surface area (Å²) in [6.07, 6.45) is 8.46. The average Bonchev–Trinajstić information content (AvgIpc) is 3.17. The number of aliphatic hydroxyl groups is 1. The summed E-state index contributed by atoms with van der Waals surface area (Å²) >= 11 is 0. The Bertz CT molecular complexity index is 798. The van der Waals surface area contributed by atoms with E-state index in [0.717, 1.165) is 11.8 Å². The van der Waals surface area contributed by atoms with Crippen LogP contribution in [0.5, 0.6) is 0 Å². The number of hydrogen-bond donors (Lipinski definition) is 1. The fraction of sp³-hybridized carbons (Fsp3) is 0.214. The highest BCUT2D eigenvalue weighted by Gasteiger charge is 2.14. The van der Waals surface area contributed by atoms with E-state index in [2.05, 4.69) is 15.1 Å². The zero-order valence-electron chi connectivity index (χ0n) is 12.1. The first-order valence-corrected chi connectivity index (χ1v) is 6.90. The molecule has 0 radical (unpaired) electrons. The molecule has 3 heterocycles. The van der Waals surface area contributed by atoms with Crippen LogP contribution >= 0.6 is 0 Å². The molecule has 0 amide bonds. The Morgan fingerprint density at radius 1 is 1.30 bits per heavy atom. The van der Waals surface area contributed by atoms with E-state index < -0.39 is 11.0 Å². The molecule has 0 saturated carbocycles. The van der Waals surface area contributed by atoms with E-state index >= 15 is 0 Å². The largest absolute Gasteiger partial charge is 0.389 e. The van der Waals surface area contributed by atoms with Crippen molar-refractivity contribution in [3.05, 3.63) is 59.4 Å². The Balaban J connectivity index is 1.70. The molecule has 23 heavy (non-hydrogen) atoms. The molecule has 9 nitrogen and oxygen atoms in total. The molecule has 9 heteroatoms. The Morgan fingerprint density at radius 2 is 2.17 bits per heavy atom. The minimum atomic E-state index is -0.765. The highest BCUT2D eigenvalue weighted by Crippen LogP contribution is 2.16. The molecule has 3 aromatic heterocycles. The second-order valence-electron chi connectivity index (χ2n) is 4.98. The molecule has 0 bridgehead atoms. The SMILES string of the molecule is O=[N+]([O-])c1cnn(CC(O)Cn2ccnc2-c2cccnc2)c1. The van der Waals surface area contributed by atoms with Crippen molar-refractivity contribution in [2.75, 3.05) is 0 Å². The molecule has 0 aliphatic rings. The molecular weight excluding hydrogens is 300 g/mol. The van der Waals surface area contributed by atoms with Crippen LogP contribution in [0.25, 0.3) is 11.4 Å². The van der Waals surface area contributed by atoms with Gasteiger partial charge in [0.2, 0.25) is 0 Å². The smallest absolute Gasteiger partial charge is 0.306 e. The fourth-order valence-corrected chi connectivity index (χ4v) is 2.26. The van der Waals surface area contributed by atoms with Gasteiger partial charge in [-0.1, -0.05) is 0 Å². The predicted octanol–water partition coefficient (Wildman–Crippen LogP) is 1.11. The van der Waals surface area contributed by atoms with E-state index in [-0.39, 0.29) is 18.8 Å². The maximum atomic E-state index is 10.6. The molecule has 3 rings (SSSR count). The molecule has 1 atom stereocenters. The van der Waals surface area contributed by atoms with Crippen LogP contribution in [0, 0.1) is 10.1 Å². The van der Waals surface area contributed by atoms with Crippen LogP contribution in [0.4, 0.5) is 5.69 Å². The zero-order chi connectivity index (χ0) is 16.2. The molecule has 1 unspecified atom stereocenters. The molecular formula is C14H14N6O3. The summed E-state index contributed by atoms with van der Waals surface area (Å²) in [5.74, 6) is 0.698. The molecule has 0 saturated heterocycles. The number of nitrogens with zero attached hydrogens (tertiary/aromatic N) is 6. The van der Waals surface area contributed by atoms with E-state index in [1.807, 2.05) is 12.1 Å². The van der Waals surface area contributed by atoms with Crippen molar-refractivity contribution in [2.45, 2.75) is 19.2 Å². The maximum Gasteiger partial charge on any atom is 0.306 e. The molecule has 0 aliphatic carbocycles. The van der Waals surface area contributed by atoms with Crippen LogP contribution in [0.2, 0.25) is 0 Å². The average molecular weight is 314 g/mol. The lowest BCUT2D eigenvalue weighted by molar-refractivity contribution is -0.385. The van der Waals surface area contributed by atoms with Crippen LogP contribution in [-0.4, -0.2) is 40.4 Å². The quantitative estimate of drug-likeness (QED) is 0.539. The topological polar surface area (TPSA) is 112 Å². The minimum Gasteiger partial charge on any atom is -0.389 e. The van der Waals surface area contributed by atoms with Gasteiger partial charge in [0.1, 0.15) is 18.2 Å². The van der Waals surface area contributed by atoms with Crippen molar-refractivity contribution in [3.8, 4) is 11.4 Å². The summed E-state index contributed by atoms with van der Waals surface area (Å²) in [7, 11) is 0. The number of aliphatic hydroxyl groups excluding tert-OH is 1. The lowest BCUT2D eigenvalue weighted by Crippen LogP contribution is -2.22. The molecule has 3 aromatic rings. The third kappa shape index (κ3) is 3.40. The highest BCUT2D eigenvalue weighted by molar-refractivity contribution is 5.53. The first kappa shape index (κ1) is 14.9. The summed E-state index contributed by atoms with van der Waals surface area (Å²) in [5, 5.41) is 24.7. The van der Waals surface area contributed by atoms with Crippen molar-refractivity contribution in [2.24, 2.45) is 0 Å². The Labute approximate surface area is 131 Å². The van der Waals surface area contributed by atoms with Gasteiger partial charge in [0.15, 0.2) is 0 Å². The fourth-order valence-electron chi connectivity index (χ4n) is 2.26. The number of imidazole rings is 1. The molecule has 0 aliphatic heterocycles. The van der Waals surface area contributed by atoms with E-state index in [4.69, 9.17) is 0 Å². The van der Waals surface area contributed by atoms with Gasteiger partial charge < -0.3 is 9.67 Å². The van der Waals surface area contributed by atoms with Crippen LogP contribution in [0.3, 0.4) is 0 Å². The second kappa shape index (κ2) is 6.36. The third-order valence-electron chi connectivity index (χ3n) is 3.27. The normalized spacial score (nSPS) is 12.2. The van der Waals surface area contributed by atoms with Gasteiger partial charge >= 0.3 is 5.69 Å². The van der Waals surface area contributed by atoms with Crippen molar-refractivity contribution < 1.29 is 10.0 Å². The van der Waals surface area contributed by atoms with Crippen LogP contribution in [-0.2, 0) is 13.1 Å². The Morgan fingerprint density at radius 3 is 2.87 bits per heavy atom. The molecule has 0 spiro atoms. The number of aromatic nitrogens is 5. The molecule has 1 N–H and O–H groups in total. The van der Waals surface area contributed by atoms with Gasteiger partial charge in [-0.15, -0.1) is 0 Å². The zero-order valence-corrected chi connectivity index (χ0v) is 12.1. The monoisotopic (exact) mass is 314 g/mol. The number of hydrogen-bond acceptors (Lipinski definition) is 6. The van der Waals surface area contributed by atoms with Gasteiger partial charge in [-0.2, -0.15) is 5.10 Å². The highest BCUT2D eigenvalue weighted by atomic mass is 16.6. The predicted molar refractivity (Wildman–Crippen MR) is 80.3 cm³/mol. The van der Waals surface area contributed by atoms with Gasteiger partial charge in [0.05, 0.1) is 24.1 Å². The lowest BCUT2D eigenvalue weighted by atomic mass is 10.2. The lowest BCUT2D eigenvalue weighted by Gasteiger charge is -2.13.